The summed E-state index contributed by atoms with van der Waals surface area (Å²) in [6, 6.07) is 6.05. The third-order valence-corrected chi connectivity index (χ3v) is 4.90. The third kappa shape index (κ3) is 3.74. The van der Waals surface area contributed by atoms with Gasteiger partial charge in [-0.25, -0.2) is 0 Å². The van der Waals surface area contributed by atoms with E-state index in [1.165, 1.54) is 6.42 Å². The zero-order chi connectivity index (χ0) is 15.4. The van der Waals surface area contributed by atoms with Crippen LogP contribution < -0.4 is 4.90 Å². The normalized spacial score (nSPS) is 17.8. The van der Waals surface area contributed by atoms with Crippen molar-refractivity contribution in [1.82, 2.24) is 4.90 Å². The van der Waals surface area contributed by atoms with Crippen molar-refractivity contribution < 1.29 is 4.92 Å². The molecular weight excluding hydrogens is 334 g/mol. The Hall–Kier alpha value is -1.14. The maximum atomic E-state index is 11.0. The topological polar surface area (TPSA) is 49.6 Å². The van der Waals surface area contributed by atoms with Crippen molar-refractivity contribution in [2.45, 2.75) is 31.6 Å². The van der Waals surface area contributed by atoms with E-state index in [9.17, 15) is 10.1 Å². The first-order valence-electron chi connectivity index (χ1n) is 7.39. The van der Waals surface area contributed by atoms with E-state index in [4.69, 9.17) is 0 Å². The summed E-state index contributed by atoms with van der Waals surface area (Å²) in [6.07, 6.45) is 1.17. The Morgan fingerprint density at radius 1 is 1.33 bits per heavy atom. The van der Waals surface area contributed by atoms with Gasteiger partial charge in [0.25, 0.3) is 5.69 Å². The molecular formula is C15H22BrN3O2. The van der Waals surface area contributed by atoms with Crippen LogP contribution in [0.15, 0.2) is 18.2 Å². The molecule has 1 heterocycles. The monoisotopic (exact) mass is 355 g/mol. The Morgan fingerprint density at radius 2 is 2.00 bits per heavy atom. The molecule has 1 fully saturated rings. The number of piperazine rings is 1. The van der Waals surface area contributed by atoms with Crippen LogP contribution in [0.2, 0.25) is 0 Å². The SMILES string of the molecule is CCC(C)N1CCN(c2ccc([N+](=O)[O-])c(CBr)c2)CC1. The van der Waals surface area contributed by atoms with Crippen LogP contribution in [0.1, 0.15) is 25.8 Å². The zero-order valence-electron chi connectivity index (χ0n) is 12.6. The molecule has 1 saturated heterocycles. The van der Waals surface area contributed by atoms with Crippen LogP contribution in [0, 0.1) is 10.1 Å². The number of hydrogen-bond acceptors (Lipinski definition) is 4. The molecule has 2 rings (SSSR count). The van der Waals surface area contributed by atoms with E-state index in [1.54, 1.807) is 6.07 Å². The average molecular weight is 356 g/mol. The molecule has 116 valence electrons. The molecule has 21 heavy (non-hydrogen) atoms. The zero-order valence-corrected chi connectivity index (χ0v) is 14.2. The van der Waals surface area contributed by atoms with Crippen molar-refractivity contribution in [3.8, 4) is 0 Å². The second-order valence-corrected chi connectivity index (χ2v) is 6.04. The van der Waals surface area contributed by atoms with Gasteiger partial charge in [0.15, 0.2) is 0 Å². The maximum Gasteiger partial charge on any atom is 0.273 e. The number of rotatable bonds is 5. The molecule has 0 aromatic heterocycles. The lowest BCUT2D eigenvalue weighted by Crippen LogP contribution is -2.49. The minimum Gasteiger partial charge on any atom is -0.369 e. The number of nitrogens with zero attached hydrogens (tertiary/aromatic N) is 3. The highest BCUT2D eigenvalue weighted by Crippen LogP contribution is 2.27. The van der Waals surface area contributed by atoms with Gasteiger partial charge in [0.2, 0.25) is 0 Å². The van der Waals surface area contributed by atoms with Gasteiger partial charge in [0, 0.05) is 54.9 Å². The molecule has 0 bridgehead atoms. The maximum absolute atomic E-state index is 11.0. The van der Waals surface area contributed by atoms with E-state index in [0.29, 0.717) is 11.4 Å². The van der Waals surface area contributed by atoms with Crippen molar-refractivity contribution in [3.63, 3.8) is 0 Å². The van der Waals surface area contributed by atoms with Crippen LogP contribution in [0.3, 0.4) is 0 Å². The fourth-order valence-electron chi connectivity index (χ4n) is 2.73. The first kappa shape index (κ1) is 16.2. The van der Waals surface area contributed by atoms with E-state index in [-0.39, 0.29) is 10.6 Å². The highest BCUT2D eigenvalue weighted by Gasteiger charge is 2.22. The van der Waals surface area contributed by atoms with Crippen LogP contribution in [0.5, 0.6) is 0 Å². The van der Waals surface area contributed by atoms with Crippen molar-refractivity contribution in [1.29, 1.82) is 0 Å². The second-order valence-electron chi connectivity index (χ2n) is 5.48. The standard InChI is InChI=1S/C15H22BrN3O2/c1-3-12(2)17-6-8-18(9-7-17)14-4-5-15(19(20)21)13(10-14)11-16/h4-5,10,12H,3,6-9,11H2,1-2H3. The van der Waals surface area contributed by atoms with Crippen LogP contribution in [-0.4, -0.2) is 42.0 Å². The predicted octanol–water partition coefficient (Wildman–Crippen LogP) is 3.41. The van der Waals surface area contributed by atoms with Gasteiger partial charge in [-0.1, -0.05) is 22.9 Å². The number of anilines is 1. The number of halogens is 1. The Balaban J connectivity index is 2.08. The molecule has 6 heteroatoms. The smallest absolute Gasteiger partial charge is 0.273 e. The van der Waals surface area contributed by atoms with Gasteiger partial charge in [-0.2, -0.15) is 0 Å². The summed E-state index contributed by atoms with van der Waals surface area (Å²) in [4.78, 5) is 15.5. The summed E-state index contributed by atoms with van der Waals surface area (Å²) in [7, 11) is 0. The van der Waals surface area contributed by atoms with Gasteiger partial charge >= 0.3 is 0 Å². The van der Waals surface area contributed by atoms with E-state index < -0.39 is 0 Å². The third-order valence-electron chi connectivity index (χ3n) is 4.30. The Bertz CT molecular complexity index is 502. The quantitative estimate of drug-likeness (QED) is 0.461. The van der Waals surface area contributed by atoms with E-state index in [0.717, 1.165) is 37.4 Å². The summed E-state index contributed by atoms with van der Waals surface area (Å²) in [5.41, 5.74) is 2.01. The van der Waals surface area contributed by atoms with Crippen molar-refractivity contribution in [2.75, 3.05) is 31.1 Å². The molecule has 1 aliphatic rings. The number of nitro groups is 1. The van der Waals surface area contributed by atoms with Crippen LogP contribution >= 0.6 is 15.9 Å². The molecule has 1 aliphatic heterocycles. The van der Waals surface area contributed by atoms with Gasteiger partial charge in [-0.3, -0.25) is 15.0 Å². The number of benzene rings is 1. The molecule has 1 unspecified atom stereocenters. The van der Waals surface area contributed by atoms with E-state index in [2.05, 4.69) is 39.6 Å². The minimum atomic E-state index is -0.318. The van der Waals surface area contributed by atoms with Gasteiger partial charge in [0.05, 0.1) is 4.92 Å². The van der Waals surface area contributed by atoms with E-state index >= 15 is 0 Å². The summed E-state index contributed by atoms with van der Waals surface area (Å²) < 4.78 is 0. The largest absolute Gasteiger partial charge is 0.369 e. The molecule has 0 radical (unpaired) electrons. The van der Waals surface area contributed by atoms with E-state index in [1.807, 2.05) is 12.1 Å². The lowest BCUT2D eigenvalue weighted by molar-refractivity contribution is -0.385. The fourth-order valence-corrected chi connectivity index (χ4v) is 3.18. The first-order chi connectivity index (χ1) is 10.1. The second kappa shape index (κ2) is 7.22. The summed E-state index contributed by atoms with van der Waals surface area (Å²) in [5.74, 6) is 0. The number of hydrogen-bond donors (Lipinski definition) is 0. The van der Waals surface area contributed by atoms with Crippen molar-refractivity contribution in [2.24, 2.45) is 0 Å². The van der Waals surface area contributed by atoms with Crippen molar-refractivity contribution in [3.05, 3.63) is 33.9 Å². The summed E-state index contributed by atoms with van der Waals surface area (Å²) >= 11 is 3.34. The predicted molar refractivity (Wildman–Crippen MR) is 89.3 cm³/mol. The lowest BCUT2D eigenvalue weighted by Gasteiger charge is -2.39. The molecule has 0 spiro atoms. The average Bonchev–Trinajstić information content (AvgIpc) is 2.53. The fraction of sp³-hybridized carbons (Fsp3) is 0.600. The minimum absolute atomic E-state index is 0.189. The Kier molecular flexibility index (Phi) is 5.58. The highest BCUT2D eigenvalue weighted by molar-refractivity contribution is 9.08. The van der Waals surface area contributed by atoms with Crippen LogP contribution in [0.4, 0.5) is 11.4 Å². The number of nitro benzene ring substituents is 1. The van der Waals surface area contributed by atoms with Crippen molar-refractivity contribution >= 4 is 27.3 Å². The lowest BCUT2D eigenvalue weighted by atomic mass is 10.1. The Morgan fingerprint density at radius 3 is 2.52 bits per heavy atom. The summed E-state index contributed by atoms with van der Waals surface area (Å²) in [6.45, 7) is 8.54. The number of alkyl halides is 1. The first-order valence-corrected chi connectivity index (χ1v) is 8.51. The van der Waals surface area contributed by atoms with Gasteiger partial charge in [0.1, 0.15) is 0 Å². The molecule has 0 aliphatic carbocycles. The molecule has 1 aromatic rings. The molecule has 1 atom stereocenters. The molecule has 0 N–H and O–H groups in total. The summed E-state index contributed by atoms with van der Waals surface area (Å²) in [5, 5.41) is 11.5. The molecule has 0 saturated carbocycles. The van der Waals surface area contributed by atoms with Gasteiger partial charge in [-0.15, -0.1) is 0 Å². The van der Waals surface area contributed by atoms with Gasteiger partial charge < -0.3 is 4.90 Å². The van der Waals surface area contributed by atoms with Crippen LogP contribution in [0.25, 0.3) is 0 Å². The molecule has 5 nitrogen and oxygen atoms in total. The highest BCUT2D eigenvalue weighted by atomic mass is 79.9. The molecule has 0 amide bonds. The Labute approximate surface area is 134 Å². The van der Waals surface area contributed by atoms with Gasteiger partial charge in [-0.05, 0) is 25.5 Å². The van der Waals surface area contributed by atoms with Crippen LogP contribution in [-0.2, 0) is 5.33 Å². The molecule has 1 aromatic carbocycles.